The maximum Gasteiger partial charge on any atom is 0.256 e. The quantitative estimate of drug-likeness (QED) is 0.731. The number of hydrogen-bond acceptors (Lipinski definition) is 3. The van der Waals surface area contributed by atoms with Crippen molar-refractivity contribution in [3.63, 3.8) is 0 Å². The molecule has 130 valence electrons. The molecule has 5 heteroatoms. The van der Waals surface area contributed by atoms with Gasteiger partial charge in [-0.3, -0.25) is 4.79 Å². The molecule has 1 amide bonds. The smallest absolute Gasteiger partial charge is 0.256 e. The Hall–Kier alpha value is -2.51. The normalized spacial score (nSPS) is 10.4. The van der Waals surface area contributed by atoms with E-state index in [0.717, 1.165) is 11.1 Å². The number of halogens is 1. The Labute approximate surface area is 153 Å². The van der Waals surface area contributed by atoms with Crippen molar-refractivity contribution in [1.29, 1.82) is 0 Å². The molecule has 1 aromatic carbocycles. The highest BCUT2D eigenvalue weighted by molar-refractivity contribution is 6.32. The van der Waals surface area contributed by atoms with Gasteiger partial charge >= 0.3 is 0 Å². The maximum atomic E-state index is 12.8. The molecule has 0 spiro atoms. The summed E-state index contributed by atoms with van der Waals surface area (Å²) in [6.45, 7) is 6.41. The molecule has 0 aliphatic heterocycles. The molecule has 0 saturated carbocycles. The van der Waals surface area contributed by atoms with Gasteiger partial charge in [-0.15, -0.1) is 6.42 Å². The largest absolute Gasteiger partial charge is 0.474 e. The molecule has 0 N–H and O–H groups in total. The van der Waals surface area contributed by atoms with E-state index in [-0.39, 0.29) is 18.6 Å². The fourth-order valence-electron chi connectivity index (χ4n) is 2.26. The highest BCUT2D eigenvalue weighted by Crippen LogP contribution is 2.24. The predicted molar refractivity (Wildman–Crippen MR) is 99.8 cm³/mol. The van der Waals surface area contributed by atoms with Crippen molar-refractivity contribution in [1.82, 2.24) is 9.88 Å². The summed E-state index contributed by atoms with van der Waals surface area (Å²) in [5, 5.41) is 0.301. The first-order valence-electron chi connectivity index (χ1n) is 8.01. The van der Waals surface area contributed by atoms with E-state index in [4.69, 9.17) is 22.8 Å². The van der Waals surface area contributed by atoms with Gasteiger partial charge in [0.15, 0.2) is 0 Å². The Balaban J connectivity index is 2.20. The lowest BCUT2D eigenvalue weighted by Crippen LogP contribution is -2.31. The van der Waals surface area contributed by atoms with Crippen LogP contribution in [-0.4, -0.2) is 28.4 Å². The lowest BCUT2D eigenvalue weighted by atomic mass is 10.1. The topological polar surface area (TPSA) is 42.4 Å². The molecule has 25 heavy (non-hydrogen) atoms. The predicted octanol–water partition coefficient (Wildman–Crippen LogP) is 4.11. The summed E-state index contributed by atoms with van der Waals surface area (Å²) in [5.41, 5.74) is 2.55. The number of rotatable bonds is 6. The Morgan fingerprint density at radius 2 is 2.04 bits per heavy atom. The number of carbonyl (C=O) groups is 1. The van der Waals surface area contributed by atoms with Gasteiger partial charge in [0.2, 0.25) is 5.88 Å². The minimum atomic E-state index is -0.218. The molecular formula is C20H21ClN2O2. The fraction of sp³-hybridized carbons (Fsp3) is 0.300. The molecule has 1 heterocycles. The van der Waals surface area contributed by atoms with Crippen molar-refractivity contribution in [2.45, 2.75) is 33.4 Å². The second-order valence-electron chi connectivity index (χ2n) is 6.03. The van der Waals surface area contributed by atoms with Crippen molar-refractivity contribution in [3.8, 4) is 18.2 Å². The number of hydrogen-bond donors (Lipinski definition) is 0. The van der Waals surface area contributed by atoms with Crippen LogP contribution in [0.4, 0.5) is 0 Å². The average molecular weight is 357 g/mol. The first-order valence-corrected chi connectivity index (χ1v) is 8.39. The molecule has 0 bridgehead atoms. The summed E-state index contributed by atoms with van der Waals surface area (Å²) < 4.78 is 5.49. The van der Waals surface area contributed by atoms with Gasteiger partial charge in [-0.05, 0) is 32.4 Å². The molecule has 0 aliphatic rings. The zero-order valence-electron chi connectivity index (χ0n) is 14.6. The van der Waals surface area contributed by atoms with Gasteiger partial charge in [0.1, 0.15) is 5.02 Å². The van der Waals surface area contributed by atoms with Crippen LogP contribution in [0.5, 0.6) is 5.88 Å². The third-order valence-electron chi connectivity index (χ3n) is 3.47. The van der Waals surface area contributed by atoms with E-state index in [1.165, 1.54) is 6.20 Å². The van der Waals surface area contributed by atoms with E-state index >= 15 is 0 Å². The molecule has 0 radical (unpaired) electrons. The number of amides is 1. The Bertz CT molecular complexity index is 779. The summed E-state index contributed by atoms with van der Waals surface area (Å²) in [6, 6.07) is 9.54. The summed E-state index contributed by atoms with van der Waals surface area (Å²) in [6.07, 6.45) is 6.84. The molecule has 1 aromatic heterocycles. The minimum absolute atomic E-state index is 0.0500. The van der Waals surface area contributed by atoms with Gasteiger partial charge < -0.3 is 9.64 Å². The van der Waals surface area contributed by atoms with Gasteiger partial charge in [-0.1, -0.05) is 47.4 Å². The van der Waals surface area contributed by atoms with Crippen LogP contribution in [0.1, 0.15) is 35.3 Å². The first-order chi connectivity index (χ1) is 11.9. The van der Waals surface area contributed by atoms with Crippen LogP contribution in [0.15, 0.2) is 36.5 Å². The molecule has 0 aliphatic carbocycles. The van der Waals surface area contributed by atoms with Crippen molar-refractivity contribution < 1.29 is 9.53 Å². The zero-order chi connectivity index (χ0) is 18.4. The van der Waals surface area contributed by atoms with Gasteiger partial charge in [0, 0.05) is 12.7 Å². The van der Waals surface area contributed by atoms with Gasteiger partial charge in [-0.25, -0.2) is 4.98 Å². The highest BCUT2D eigenvalue weighted by Gasteiger charge is 2.18. The summed E-state index contributed by atoms with van der Waals surface area (Å²) in [7, 11) is 0. The van der Waals surface area contributed by atoms with Crippen LogP contribution in [0.3, 0.4) is 0 Å². The summed E-state index contributed by atoms with van der Waals surface area (Å²) in [5.74, 6) is 2.63. The van der Waals surface area contributed by atoms with Crippen molar-refractivity contribution in [2.75, 3.05) is 6.54 Å². The number of aromatic nitrogens is 1. The van der Waals surface area contributed by atoms with E-state index < -0.39 is 0 Å². The molecule has 4 nitrogen and oxygen atoms in total. The zero-order valence-corrected chi connectivity index (χ0v) is 15.4. The Kier molecular flexibility index (Phi) is 6.44. The molecule has 2 rings (SSSR count). The number of aryl methyl sites for hydroxylation is 1. The van der Waals surface area contributed by atoms with Gasteiger partial charge in [0.05, 0.1) is 18.2 Å². The van der Waals surface area contributed by atoms with E-state index in [2.05, 4.69) is 10.9 Å². The number of pyridine rings is 1. The second-order valence-corrected chi connectivity index (χ2v) is 6.44. The van der Waals surface area contributed by atoms with Crippen LogP contribution in [0, 0.1) is 19.3 Å². The number of carbonyl (C=O) groups excluding carboxylic acids is 1. The number of nitrogens with zero attached hydrogens (tertiary/aromatic N) is 2. The third kappa shape index (κ3) is 5.23. The van der Waals surface area contributed by atoms with Crippen LogP contribution in [-0.2, 0) is 6.54 Å². The Morgan fingerprint density at radius 3 is 2.60 bits per heavy atom. The van der Waals surface area contributed by atoms with Gasteiger partial charge in [-0.2, -0.15) is 0 Å². The maximum absolute atomic E-state index is 12.8. The lowest BCUT2D eigenvalue weighted by Gasteiger charge is -2.21. The summed E-state index contributed by atoms with van der Waals surface area (Å²) >= 11 is 6.18. The monoisotopic (exact) mass is 356 g/mol. The Morgan fingerprint density at radius 1 is 1.36 bits per heavy atom. The third-order valence-corrected chi connectivity index (χ3v) is 3.74. The van der Waals surface area contributed by atoms with Crippen LogP contribution >= 0.6 is 11.6 Å². The SMILES string of the molecule is C#CCN(Cc1ccc(C)cc1)C(=O)c1cnc(OC(C)C)c(Cl)c1. The molecule has 0 fully saturated rings. The average Bonchev–Trinajstić information content (AvgIpc) is 2.57. The van der Waals surface area contributed by atoms with Crippen LogP contribution < -0.4 is 4.74 Å². The van der Waals surface area contributed by atoms with E-state index in [9.17, 15) is 4.79 Å². The lowest BCUT2D eigenvalue weighted by molar-refractivity contribution is 0.0765. The van der Waals surface area contributed by atoms with E-state index in [1.807, 2.05) is 45.0 Å². The fourth-order valence-corrected chi connectivity index (χ4v) is 2.47. The number of ether oxygens (including phenoxy) is 1. The summed E-state index contributed by atoms with van der Waals surface area (Å²) in [4.78, 5) is 18.5. The van der Waals surface area contributed by atoms with Crippen molar-refractivity contribution in [3.05, 3.63) is 58.2 Å². The highest BCUT2D eigenvalue weighted by atomic mass is 35.5. The van der Waals surface area contributed by atoms with Crippen LogP contribution in [0.25, 0.3) is 0 Å². The number of benzene rings is 1. The minimum Gasteiger partial charge on any atom is -0.474 e. The molecule has 0 atom stereocenters. The molecule has 2 aromatic rings. The van der Waals surface area contributed by atoms with Crippen molar-refractivity contribution in [2.24, 2.45) is 0 Å². The van der Waals surface area contributed by atoms with E-state index in [1.54, 1.807) is 11.0 Å². The van der Waals surface area contributed by atoms with Crippen molar-refractivity contribution >= 4 is 17.5 Å². The molecular weight excluding hydrogens is 336 g/mol. The first kappa shape index (κ1) is 18.8. The van der Waals surface area contributed by atoms with Gasteiger partial charge in [0.25, 0.3) is 5.91 Å². The van der Waals surface area contributed by atoms with Crippen LogP contribution in [0.2, 0.25) is 5.02 Å². The second kappa shape index (κ2) is 8.55. The molecule has 0 unspecified atom stereocenters. The van der Waals surface area contributed by atoms with E-state index in [0.29, 0.717) is 23.0 Å². The number of terminal acetylenes is 1. The standard InChI is InChI=1S/C20H21ClN2O2/c1-5-10-23(13-16-8-6-15(4)7-9-16)20(24)17-11-18(21)19(22-12-17)25-14(2)3/h1,6-9,11-12,14H,10,13H2,2-4H3. The molecule has 0 saturated heterocycles.